The molecule has 5 heteroatoms. The Kier molecular flexibility index (Phi) is 5.06. The van der Waals surface area contributed by atoms with E-state index in [4.69, 9.17) is 0 Å². The minimum Gasteiger partial charge on any atom is -0.469 e. The zero-order valence-corrected chi connectivity index (χ0v) is 6.74. The van der Waals surface area contributed by atoms with Gasteiger partial charge in [-0.25, -0.2) is 0 Å². The molecule has 0 saturated carbocycles. The molecule has 0 aromatic heterocycles. The van der Waals surface area contributed by atoms with E-state index in [2.05, 4.69) is 10.0 Å². The van der Waals surface area contributed by atoms with Gasteiger partial charge in [0, 0.05) is 20.0 Å². The quantitative estimate of drug-likeness (QED) is 0.335. The molecule has 5 nitrogen and oxygen atoms in total. The Balaban J connectivity index is 3.26. The molecule has 0 saturated heterocycles. The van der Waals surface area contributed by atoms with E-state index >= 15 is 0 Å². The van der Waals surface area contributed by atoms with Crippen LogP contribution >= 0.6 is 0 Å². The van der Waals surface area contributed by atoms with E-state index in [-0.39, 0.29) is 5.97 Å². The SMILES string of the molecule is COC(=O)CCCN(C)N=O. The van der Waals surface area contributed by atoms with Crippen molar-refractivity contribution < 1.29 is 9.53 Å². The number of hydrogen-bond donors (Lipinski definition) is 0. The van der Waals surface area contributed by atoms with Crippen molar-refractivity contribution >= 4 is 5.97 Å². The van der Waals surface area contributed by atoms with Crippen molar-refractivity contribution in [3.05, 3.63) is 4.91 Å². The molecule has 0 spiro atoms. The summed E-state index contributed by atoms with van der Waals surface area (Å²) in [4.78, 5) is 20.3. The normalized spacial score (nSPS) is 8.91. The molecule has 0 heterocycles. The summed E-state index contributed by atoms with van der Waals surface area (Å²) in [6.07, 6.45) is 0.922. The molecule has 11 heavy (non-hydrogen) atoms. The van der Waals surface area contributed by atoms with E-state index in [1.54, 1.807) is 7.05 Å². The third-order valence-electron chi connectivity index (χ3n) is 1.23. The van der Waals surface area contributed by atoms with Crippen LogP contribution in [0.4, 0.5) is 0 Å². The molecule has 0 aromatic rings. The van der Waals surface area contributed by atoms with Gasteiger partial charge < -0.3 is 4.74 Å². The van der Waals surface area contributed by atoms with E-state index in [0.29, 0.717) is 19.4 Å². The molecule has 0 aromatic carbocycles. The van der Waals surface area contributed by atoms with E-state index in [9.17, 15) is 9.70 Å². The van der Waals surface area contributed by atoms with Crippen LogP contribution in [0.15, 0.2) is 5.29 Å². The maximum atomic E-state index is 10.5. The first-order chi connectivity index (χ1) is 5.20. The molecular formula is C6H12N2O3. The van der Waals surface area contributed by atoms with Crippen molar-refractivity contribution in [2.45, 2.75) is 12.8 Å². The van der Waals surface area contributed by atoms with Gasteiger partial charge in [0.25, 0.3) is 0 Å². The largest absolute Gasteiger partial charge is 0.469 e. The first-order valence-electron chi connectivity index (χ1n) is 3.32. The molecule has 0 aliphatic rings. The van der Waals surface area contributed by atoms with Crippen LogP contribution in [0.3, 0.4) is 0 Å². The molecule has 0 aliphatic carbocycles. The minimum atomic E-state index is -0.260. The first-order valence-corrected chi connectivity index (χ1v) is 3.32. The molecule has 0 radical (unpaired) electrons. The summed E-state index contributed by atoms with van der Waals surface area (Å²) in [5.41, 5.74) is 0. The van der Waals surface area contributed by atoms with Gasteiger partial charge in [-0.2, -0.15) is 0 Å². The molecule has 0 rings (SSSR count). The highest BCUT2D eigenvalue weighted by molar-refractivity contribution is 5.68. The van der Waals surface area contributed by atoms with E-state index in [0.717, 1.165) is 0 Å². The fourth-order valence-electron chi connectivity index (χ4n) is 0.595. The van der Waals surface area contributed by atoms with Gasteiger partial charge in [-0.1, -0.05) is 0 Å². The summed E-state index contributed by atoms with van der Waals surface area (Å²) in [6, 6.07) is 0. The standard InChI is InChI=1S/C6H12N2O3/c1-8(7-10)5-3-4-6(9)11-2/h3-5H2,1-2H3. The van der Waals surface area contributed by atoms with Gasteiger partial charge in [-0.05, 0) is 6.42 Å². The van der Waals surface area contributed by atoms with Gasteiger partial charge in [-0.3, -0.25) is 9.80 Å². The van der Waals surface area contributed by atoms with Gasteiger partial charge in [0.05, 0.1) is 12.4 Å². The van der Waals surface area contributed by atoms with Crippen LogP contribution in [0.5, 0.6) is 0 Å². The van der Waals surface area contributed by atoms with E-state index in [1.807, 2.05) is 0 Å². The van der Waals surface area contributed by atoms with Crippen molar-refractivity contribution in [3.8, 4) is 0 Å². The van der Waals surface area contributed by atoms with Crippen LogP contribution in [0.2, 0.25) is 0 Å². The maximum Gasteiger partial charge on any atom is 0.305 e. The molecular weight excluding hydrogens is 148 g/mol. The van der Waals surface area contributed by atoms with E-state index < -0.39 is 0 Å². The van der Waals surface area contributed by atoms with Crippen LogP contribution in [0.25, 0.3) is 0 Å². The average molecular weight is 160 g/mol. The second-order valence-corrected chi connectivity index (χ2v) is 2.14. The molecule has 0 fully saturated rings. The number of carbonyl (C=O) groups is 1. The molecule has 0 bridgehead atoms. The van der Waals surface area contributed by atoms with Gasteiger partial charge in [0.1, 0.15) is 0 Å². The Labute approximate surface area is 65.3 Å². The number of esters is 1. The van der Waals surface area contributed by atoms with Gasteiger partial charge >= 0.3 is 5.97 Å². The third kappa shape index (κ3) is 5.32. The second-order valence-electron chi connectivity index (χ2n) is 2.14. The molecule has 64 valence electrons. The van der Waals surface area contributed by atoms with Crippen molar-refractivity contribution in [2.75, 3.05) is 20.7 Å². The van der Waals surface area contributed by atoms with Crippen LogP contribution < -0.4 is 0 Å². The molecule has 0 atom stereocenters. The maximum absolute atomic E-state index is 10.5. The lowest BCUT2D eigenvalue weighted by molar-refractivity contribution is -0.140. The van der Waals surface area contributed by atoms with Gasteiger partial charge in [0.2, 0.25) is 0 Å². The number of carbonyl (C=O) groups excluding carboxylic acids is 1. The molecule has 0 amide bonds. The highest BCUT2D eigenvalue weighted by Crippen LogP contribution is 1.94. The Morgan fingerprint density at radius 3 is 2.73 bits per heavy atom. The Hall–Kier alpha value is -1.13. The molecule has 0 aliphatic heterocycles. The molecule has 0 N–H and O–H groups in total. The van der Waals surface area contributed by atoms with Crippen molar-refractivity contribution in [3.63, 3.8) is 0 Å². The lowest BCUT2D eigenvalue weighted by Crippen LogP contribution is -2.13. The summed E-state index contributed by atoms with van der Waals surface area (Å²) in [5, 5.41) is 3.88. The van der Waals surface area contributed by atoms with Crippen LogP contribution in [-0.2, 0) is 9.53 Å². The number of ether oxygens (including phenoxy) is 1. The van der Waals surface area contributed by atoms with Crippen LogP contribution in [-0.4, -0.2) is 31.7 Å². The summed E-state index contributed by atoms with van der Waals surface area (Å²) in [6.45, 7) is 0.485. The summed E-state index contributed by atoms with van der Waals surface area (Å²) >= 11 is 0. The van der Waals surface area contributed by atoms with Crippen LogP contribution in [0.1, 0.15) is 12.8 Å². The Bertz CT molecular complexity index is 138. The smallest absolute Gasteiger partial charge is 0.305 e. The number of methoxy groups -OCH3 is 1. The van der Waals surface area contributed by atoms with Crippen molar-refractivity contribution in [2.24, 2.45) is 5.29 Å². The van der Waals surface area contributed by atoms with E-state index in [1.165, 1.54) is 12.1 Å². The zero-order chi connectivity index (χ0) is 8.69. The van der Waals surface area contributed by atoms with Crippen molar-refractivity contribution in [1.29, 1.82) is 0 Å². The fourth-order valence-corrected chi connectivity index (χ4v) is 0.595. The first kappa shape index (κ1) is 9.87. The lowest BCUT2D eigenvalue weighted by atomic mass is 10.3. The summed E-state index contributed by atoms with van der Waals surface area (Å²) in [7, 11) is 2.90. The lowest BCUT2D eigenvalue weighted by Gasteiger charge is -2.06. The highest BCUT2D eigenvalue weighted by Gasteiger charge is 2.00. The summed E-state index contributed by atoms with van der Waals surface area (Å²) < 4.78 is 4.40. The number of rotatable bonds is 5. The summed E-state index contributed by atoms with van der Waals surface area (Å²) in [5.74, 6) is -0.260. The van der Waals surface area contributed by atoms with Gasteiger partial charge in [-0.15, -0.1) is 4.91 Å². The Morgan fingerprint density at radius 2 is 2.27 bits per heavy atom. The van der Waals surface area contributed by atoms with Gasteiger partial charge in [0.15, 0.2) is 0 Å². The minimum absolute atomic E-state index is 0.260. The number of hydrogen-bond acceptors (Lipinski definition) is 4. The zero-order valence-electron chi connectivity index (χ0n) is 6.74. The predicted octanol–water partition coefficient (Wildman–Crippen LogP) is 0.553. The monoisotopic (exact) mass is 160 g/mol. The van der Waals surface area contributed by atoms with Crippen molar-refractivity contribution in [1.82, 2.24) is 5.01 Å². The third-order valence-corrected chi connectivity index (χ3v) is 1.23. The van der Waals surface area contributed by atoms with Crippen LogP contribution in [0, 0.1) is 4.91 Å². The topological polar surface area (TPSA) is 59.0 Å². The second kappa shape index (κ2) is 5.64. The number of nitroso groups, excluding NO2 is 1. The number of nitrogens with zero attached hydrogens (tertiary/aromatic N) is 2. The Morgan fingerprint density at radius 1 is 1.64 bits per heavy atom. The highest BCUT2D eigenvalue weighted by atomic mass is 16.5. The predicted molar refractivity (Wildman–Crippen MR) is 39.7 cm³/mol. The molecule has 0 unspecified atom stereocenters. The fraction of sp³-hybridized carbons (Fsp3) is 0.833. The average Bonchev–Trinajstić information content (AvgIpc) is 2.04.